The fraction of sp³-hybridized carbons (Fsp3) is 0.957. The van der Waals surface area contributed by atoms with E-state index in [0.29, 0.717) is 6.42 Å². The van der Waals surface area contributed by atoms with Gasteiger partial charge < -0.3 is 5.11 Å². The number of carboxylic acids is 1. The number of carboxylic acid groups (broad SMARTS) is 1. The highest BCUT2D eigenvalue weighted by Crippen LogP contribution is 2.35. The summed E-state index contributed by atoms with van der Waals surface area (Å²) < 4.78 is 0. The van der Waals surface area contributed by atoms with Gasteiger partial charge in [0.1, 0.15) is 0 Å². The van der Waals surface area contributed by atoms with Crippen molar-refractivity contribution >= 4 is 37.4 Å². The quantitative estimate of drug-likeness (QED) is 0.117. The third kappa shape index (κ3) is 26.5. The van der Waals surface area contributed by atoms with Gasteiger partial charge in [-0.3, -0.25) is 4.79 Å². The van der Waals surface area contributed by atoms with E-state index < -0.39 is 5.97 Å². The topological polar surface area (TPSA) is 37.3 Å². The van der Waals surface area contributed by atoms with Gasteiger partial charge in [-0.15, -0.1) is 0 Å². The van der Waals surface area contributed by atoms with Crippen LogP contribution in [0.25, 0.3) is 0 Å². The molecule has 0 aromatic heterocycles. The minimum absolute atomic E-state index is 0.339. The zero-order valence-electron chi connectivity index (χ0n) is 18.4. The van der Waals surface area contributed by atoms with E-state index in [1.807, 2.05) is 31.4 Å². The molecule has 28 heavy (non-hydrogen) atoms. The van der Waals surface area contributed by atoms with Gasteiger partial charge in [0.2, 0.25) is 0 Å². The third-order valence-corrected chi connectivity index (χ3v) is 9.46. The molecule has 0 unspecified atom stereocenters. The van der Waals surface area contributed by atoms with Crippen LogP contribution in [0.5, 0.6) is 0 Å². The van der Waals surface area contributed by atoms with E-state index >= 15 is 0 Å². The van der Waals surface area contributed by atoms with Crippen LogP contribution in [0, 0.1) is 0 Å². The highest BCUT2D eigenvalue weighted by Gasteiger charge is 1.98. The van der Waals surface area contributed by atoms with E-state index in [2.05, 4.69) is 6.92 Å². The summed E-state index contributed by atoms with van der Waals surface area (Å²) in [6, 6.07) is 0. The smallest absolute Gasteiger partial charge is 0.303 e. The first kappa shape index (κ1) is 28.5. The van der Waals surface area contributed by atoms with Gasteiger partial charge in [-0.05, 0) is 29.1 Å². The fourth-order valence-corrected chi connectivity index (χ4v) is 7.25. The molecule has 0 saturated heterocycles. The number of carbonyl (C=O) groups is 1. The van der Waals surface area contributed by atoms with Crippen molar-refractivity contribution in [1.29, 1.82) is 0 Å². The Hall–Kier alpha value is 0.520. The summed E-state index contributed by atoms with van der Waals surface area (Å²) in [5.74, 6) is 1.95. The van der Waals surface area contributed by atoms with Crippen LogP contribution in [0.2, 0.25) is 0 Å². The first-order valence-electron chi connectivity index (χ1n) is 11.9. The minimum atomic E-state index is -0.656. The Morgan fingerprint density at radius 1 is 0.571 bits per heavy atom. The predicted octanol–water partition coefficient (Wildman–Crippen LogP) is 9.53. The highest BCUT2D eigenvalue weighted by atomic mass is 33.5. The van der Waals surface area contributed by atoms with Gasteiger partial charge in [0.15, 0.2) is 0 Å². The van der Waals surface area contributed by atoms with Gasteiger partial charge in [0.25, 0.3) is 0 Å². The second kappa shape index (κ2) is 25.6. The summed E-state index contributed by atoms with van der Waals surface area (Å²) in [5.41, 5.74) is 0. The highest BCUT2D eigenvalue weighted by molar-refractivity contribution is 9.09. The van der Waals surface area contributed by atoms with Crippen LogP contribution in [-0.4, -0.2) is 22.6 Å². The molecule has 0 amide bonds. The maximum Gasteiger partial charge on any atom is 0.303 e. The van der Waals surface area contributed by atoms with Gasteiger partial charge in [0, 0.05) is 17.9 Å². The molecule has 0 bridgehead atoms. The molecule has 2 nitrogen and oxygen atoms in total. The Kier molecular flexibility index (Phi) is 26.0. The standard InChI is InChI=1S/C23H46O2S3/c1-2-3-4-5-6-7-9-12-15-18-21-26-28-27-22-19-16-13-10-8-11-14-17-20-23(24)25/h2-22H2,1H3,(H,24,25). The third-order valence-electron chi connectivity index (χ3n) is 5.05. The van der Waals surface area contributed by atoms with Gasteiger partial charge in [-0.2, -0.15) is 0 Å². The predicted molar refractivity (Wildman–Crippen MR) is 134 cm³/mol. The molecule has 0 aliphatic carbocycles. The summed E-state index contributed by atoms with van der Waals surface area (Å²) in [6.07, 6.45) is 24.4. The molecule has 0 aromatic carbocycles. The Morgan fingerprint density at radius 3 is 1.32 bits per heavy atom. The molecule has 0 saturated carbocycles. The minimum Gasteiger partial charge on any atom is -0.481 e. The van der Waals surface area contributed by atoms with Crippen molar-refractivity contribution < 1.29 is 9.90 Å². The van der Waals surface area contributed by atoms with Crippen molar-refractivity contribution in [2.24, 2.45) is 0 Å². The lowest BCUT2D eigenvalue weighted by Gasteiger charge is -2.03. The van der Waals surface area contributed by atoms with Crippen LogP contribution in [0.3, 0.4) is 0 Å². The van der Waals surface area contributed by atoms with E-state index in [4.69, 9.17) is 5.11 Å². The van der Waals surface area contributed by atoms with Crippen molar-refractivity contribution in [3.8, 4) is 0 Å². The summed E-state index contributed by atoms with van der Waals surface area (Å²) in [4.78, 5) is 10.4. The summed E-state index contributed by atoms with van der Waals surface area (Å²) in [7, 11) is 6.08. The molecule has 0 radical (unpaired) electrons. The van der Waals surface area contributed by atoms with Crippen LogP contribution in [0.4, 0.5) is 0 Å². The van der Waals surface area contributed by atoms with Crippen LogP contribution < -0.4 is 0 Å². The van der Waals surface area contributed by atoms with E-state index in [0.717, 1.165) is 12.8 Å². The molecule has 0 fully saturated rings. The molecule has 0 aliphatic heterocycles. The SMILES string of the molecule is CCCCCCCCCCCCSSSCCCCCCCCCCC(=O)O. The number of aliphatic carboxylic acids is 1. The zero-order valence-corrected chi connectivity index (χ0v) is 20.9. The summed E-state index contributed by atoms with van der Waals surface area (Å²) >= 11 is 0. The number of rotatable bonds is 24. The first-order valence-corrected chi connectivity index (χ1v) is 15.7. The van der Waals surface area contributed by atoms with Crippen molar-refractivity contribution in [3.63, 3.8) is 0 Å². The molecular formula is C23H46O2S3. The lowest BCUT2D eigenvalue weighted by Crippen LogP contribution is -1.93. The van der Waals surface area contributed by atoms with Crippen molar-refractivity contribution in [2.75, 3.05) is 11.5 Å². The average molecular weight is 451 g/mol. The van der Waals surface area contributed by atoms with E-state index in [1.54, 1.807) is 0 Å². The Labute approximate surface area is 187 Å². The Bertz CT molecular complexity index is 314. The van der Waals surface area contributed by atoms with Gasteiger partial charge in [0.05, 0.1) is 0 Å². The molecule has 5 heteroatoms. The van der Waals surface area contributed by atoms with E-state index in [-0.39, 0.29) is 0 Å². The summed E-state index contributed by atoms with van der Waals surface area (Å²) in [5, 5.41) is 8.58. The number of hydrogen-bond donors (Lipinski definition) is 1. The van der Waals surface area contributed by atoms with Crippen LogP contribution >= 0.6 is 31.4 Å². The second-order valence-corrected chi connectivity index (χ2v) is 12.3. The van der Waals surface area contributed by atoms with Gasteiger partial charge in [-0.1, -0.05) is 125 Å². The molecule has 168 valence electrons. The van der Waals surface area contributed by atoms with E-state index in [1.165, 1.54) is 114 Å². The van der Waals surface area contributed by atoms with Gasteiger partial charge >= 0.3 is 5.97 Å². The molecule has 0 spiro atoms. The lowest BCUT2D eigenvalue weighted by molar-refractivity contribution is -0.137. The molecule has 0 atom stereocenters. The normalized spacial score (nSPS) is 11.2. The van der Waals surface area contributed by atoms with Crippen molar-refractivity contribution in [3.05, 3.63) is 0 Å². The molecule has 0 heterocycles. The maximum absolute atomic E-state index is 10.4. The molecular weight excluding hydrogens is 404 g/mol. The zero-order chi connectivity index (χ0) is 20.5. The monoisotopic (exact) mass is 450 g/mol. The molecule has 0 rings (SSSR count). The Morgan fingerprint density at radius 2 is 0.929 bits per heavy atom. The lowest BCUT2D eigenvalue weighted by atomic mass is 10.1. The number of unbranched alkanes of at least 4 members (excludes halogenated alkanes) is 16. The largest absolute Gasteiger partial charge is 0.481 e. The molecule has 1 N–H and O–H groups in total. The molecule has 0 aromatic rings. The van der Waals surface area contributed by atoms with Crippen molar-refractivity contribution in [1.82, 2.24) is 0 Å². The van der Waals surface area contributed by atoms with Crippen LogP contribution in [-0.2, 0) is 4.79 Å². The first-order chi connectivity index (χ1) is 13.8. The average Bonchev–Trinajstić information content (AvgIpc) is 2.68. The second-order valence-electron chi connectivity index (χ2n) is 7.87. The van der Waals surface area contributed by atoms with Crippen LogP contribution in [0.1, 0.15) is 129 Å². The van der Waals surface area contributed by atoms with Crippen molar-refractivity contribution in [2.45, 2.75) is 129 Å². The summed E-state index contributed by atoms with van der Waals surface area (Å²) in [6.45, 7) is 2.29. The maximum atomic E-state index is 10.4. The fourth-order valence-electron chi connectivity index (χ4n) is 3.25. The van der Waals surface area contributed by atoms with Gasteiger partial charge in [-0.25, -0.2) is 0 Å². The Balaban J connectivity index is 2.99. The number of hydrogen-bond acceptors (Lipinski definition) is 4. The molecule has 0 aliphatic rings. The van der Waals surface area contributed by atoms with E-state index in [9.17, 15) is 4.79 Å². The van der Waals surface area contributed by atoms with Crippen LogP contribution in [0.15, 0.2) is 0 Å².